The van der Waals surface area contributed by atoms with Crippen LogP contribution in [0.4, 0.5) is 4.39 Å². The first-order valence-electron chi connectivity index (χ1n) is 5.83. The predicted molar refractivity (Wildman–Crippen MR) is 74.9 cm³/mol. The summed E-state index contributed by atoms with van der Waals surface area (Å²) in [5.41, 5.74) is 1.90. The number of rotatable bonds is 4. The van der Waals surface area contributed by atoms with Crippen molar-refractivity contribution in [2.75, 3.05) is 7.05 Å². The number of hydrogen-bond acceptors (Lipinski definition) is 3. The molecular weight excluding hydrogens is 313 g/mol. The van der Waals surface area contributed by atoms with Crippen LogP contribution < -0.4 is 10.1 Å². The van der Waals surface area contributed by atoms with Gasteiger partial charge < -0.3 is 10.1 Å². The molecule has 6 heteroatoms. The third kappa shape index (κ3) is 2.96. The van der Waals surface area contributed by atoms with Gasteiger partial charge in [-0.25, -0.2) is 9.07 Å². The topological polar surface area (TPSA) is 39.1 Å². The van der Waals surface area contributed by atoms with Crippen LogP contribution in [-0.4, -0.2) is 16.8 Å². The standard InChI is InChI=1S/C13H15BrFN3O/c1-8-10(7-16-2)13(18(3)17-8)19-9-4-5-12(15)11(14)6-9/h4-6,16H,7H2,1-3H3. The Labute approximate surface area is 119 Å². The Morgan fingerprint density at radius 2 is 2.21 bits per heavy atom. The summed E-state index contributed by atoms with van der Waals surface area (Å²) >= 11 is 3.14. The molecule has 0 spiro atoms. The van der Waals surface area contributed by atoms with E-state index >= 15 is 0 Å². The zero-order valence-electron chi connectivity index (χ0n) is 11.0. The molecule has 0 fully saturated rings. The second-order valence-corrected chi connectivity index (χ2v) is 5.06. The largest absolute Gasteiger partial charge is 0.439 e. The normalized spacial score (nSPS) is 10.8. The van der Waals surface area contributed by atoms with Crippen LogP contribution in [0.1, 0.15) is 11.3 Å². The first-order valence-corrected chi connectivity index (χ1v) is 6.62. The molecule has 0 aliphatic heterocycles. The summed E-state index contributed by atoms with van der Waals surface area (Å²) < 4.78 is 21.1. The van der Waals surface area contributed by atoms with Crippen LogP contribution in [0.5, 0.6) is 11.6 Å². The summed E-state index contributed by atoms with van der Waals surface area (Å²) in [5, 5.41) is 7.41. The number of hydrogen-bond donors (Lipinski definition) is 1. The van der Waals surface area contributed by atoms with Gasteiger partial charge in [0.1, 0.15) is 11.6 Å². The molecule has 4 nitrogen and oxygen atoms in total. The van der Waals surface area contributed by atoms with Gasteiger partial charge in [0.05, 0.1) is 15.7 Å². The fraction of sp³-hybridized carbons (Fsp3) is 0.308. The maximum Gasteiger partial charge on any atom is 0.222 e. The monoisotopic (exact) mass is 327 g/mol. The molecule has 2 rings (SSSR count). The summed E-state index contributed by atoms with van der Waals surface area (Å²) in [6, 6.07) is 4.55. The third-order valence-corrected chi connectivity index (χ3v) is 3.36. The maximum absolute atomic E-state index is 13.2. The molecular formula is C13H15BrFN3O. The highest BCUT2D eigenvalue weighted by Gasteiger charge is 2.15. The molecule has 1 N–H and O–H groups in total. The van der Waals surface area contributed by atoms with E-state index in [2.05, 4.69) is 26.3 Å². The van der Waals surface area contributed by atoms with E-state index in [1.165, 1.54) is 6.07 Å². The summed E-state index contributed by atoms with van der Waals surface area (Å²) in [7, 11) is 3.69. The molecule has 0 aliphatic rings. The first kappa shape index (κ1) is 14.0. The molecule has 0 aliphatic carbocycles. The van der Waals surface area contributed by atoms with E-state index in [9.17, 15) is 4.39 Å². The van der Waals surface area contributed by atoms with E-state index in [-0.39, 0.29) is 5.82 Å². The first-order chi connectivity index (χ1) is 9.02. The van der Waals surface area contributed by atoms with Crippen molar-refractivity contribution < 1.29 is 9.13 Å². The minimum absolute atomic E-state index is 0.316. The van der Waals surface area contributed by atoms with Crippen LogP contribution in [0.25, 0.3) is 0 Å². The van der Waals surface area contributed by atoms with Gasteiger partial charge in [-0.1, -0.05) is 0 Å². The van der Waals surface area contributed by atoms with Crippen molar-refractivity contribution in [3.8, 4) is 11.6 Å². The summed E-state index contributed by atoms with van der Waals surface area (Å²) in [6.07, 6.45) is 0. The van der Waals surface area contributed by atoms with Crippen molar-refractivity contribution in [1.29, 1.82) is 0 Å². The van der Waals surface area contributed by atoms with Crippen molar-refractivity contribution in [3.05, 3.63) is 39.7 Å². The summed E-state index contributed by atoms with van der Waals surface area (Å²) in [6.45, 7) is 2.59. The average molecular weight is 328 g/mol. The Kier molecular flexibility index (Phi) is 4.21. The number of halogens is 2. The second-order valence-electron chi connectivity index (χ2n) is 4.20. The van der Waals surface area contributed by atoms with Crippen LogP contribution >= 0.6 is 15.9 Å². The van der Waals surface area contributed by atoms with Crippen molar-refractivity contribution in [2.24, 2.45) is 7.05 Å². The Morgan fingerprint density at radius 3 is 2.84 bits per heavy atom. The fourth-order valence-corrected chi connectivity index (χ4v) is 2.20. The van der Waals surface area contributed by atoms with Gasteiger partial charge in [-0.2, -0.15) is 5.10 Å². The zero-order valence-corrected chi connectivity index (χ0v) is 12.6. The van der Waals surface area contributed by atoms with Crippen molar-refractivity contribution in [3.63, 3.8) is 0 Å². The van der Waals surface area contributed by atoms with Gasteiger partial charge in [0.2, 0.25) is 5.88 Å². The molecule has 0 saturated heterocycles. The average Bonchev–Trinajstić information content (AvgIpc) is 2.61. The molecule has 0 radical (unpaired) electrons. The lowest BCUT2D eigenvalue weighted by molar-refractivity contribution is 0.423. The molecule has 2 aromatic rings. The zero-order chi connectivity index (χ0) is 14.0. The summed E-state index contributed by atoms with van der Waals surface area (Å²) in [5.74, 6) is 0.906. The van der Waals surface area contributed by atoms with Gasteiger partial charge >= 0.3 is 0 Å². The fourth-order valence-electron chi connectivity index (χ4n) is 1.84. The maximum atomic E-state index is 13.2. The minimum atomic E-state index is -0.316. The molecule has 0 bridgehead atoms. The Bertz CT molecular complexity index is 598. The molecule has 19 heavy (non-hydrogen) atoms. The highest BCUT2D eigenvalue weighted by Crippen LogP contribution is 2.29. The van der Waals surface area contributed by atoms with Crippen LogP contribution in [-0.2, 0) is 13.6 Å². The molecule has 1 aromatic carbocycles. The van der Waals surface area contributed by atoms with E-state index in [0.717, 1.165) is 11.3 Å². The quantitative estimate of drug-likeness (QED) is 0.937. The van der Waals surface area contributed by atoms with Crippen LogP contribution in [0.3, 0.4) is 0 Å². The van der Waals surface area contributed by atoms with Crippen LogP contribution in [0.15, 0.2) is 22.7 Å². The van der Waals surface area contributed by atoms with Gasteiger partial charge in [0.25, 0.3) is 0 Å². The van der Waals surface area contributed by atoms with E-state index in [1.807, 2.05) is 21.0 Å². The van der Waals surface area contributed by atoms with Gasteiger partial charge in [0, 0.05) is 13.6 Å². The van der Waals surface area contributed by atoms with Crippen molar-refractivity contribution in [1.82, 2.24) is 15.1 Å². The Morgan fingerprint density at radius 1 is 1.47 bits per heavy atom. The van der Waals surface area contributed by atoms with Crippen LogP contribution in [0.2, 0.25) is 0 Å². The SMILES string of the molecule is CNCc1c(C)nn(C)c1Oc1ccc(F)c(Br)c1. The van der Waals surface area contributed by atoms with E-state index in [1.54, 1.807) is 16.8 Å². The highest BCUT2D eigenvalue weighted by atomic mass is 79.9. The number of nitrogens with one attached hydrogen (secondary N) is 1. The molecule has 0 atom stereocenters. The predicted octanol–water partition coefficient (Wildman–Crippen LogP) is 3.14. The van der Waals surface area contributed by atoms with Gasteiger partial charge in [0.15, 0.2) is 0 Å². The number of nitrogens with zero attached hydrogens (tertiary/aromatic N) is 2. The van der Waals surface area contributed by atoms with Gasteiger partial charge in [-0.15, -0.1) is 0 Å². The van der Waals surface area contributed by atoms with Crippen LogP contribution in [0, 0.1) is 12.7 Å². The van der Waals surface area contributed by atoms with Gasteiger partial charge in [-0.05, 0) is 48.1 Å². The van der Waals surface area contributed by atoms with Gasteiger partial charge in [-0.3, -0.25) is 0 Å². The van der Waals surface area contributed by atoms with E-state index in [0.29, 0.717) is 22.6 Å². The van der Waals surface area contributed by atoms with Crippen molar-refractivity contribution >= 4 is 15.9 Å². The Balaban J connectivity index is 2.34. The molecule has 1 heterocycles. The minimum Gasteiger partial charge on any atom is -0.439 e. The summed E-state index contributed by atoms with van der Waals surface area (Å²) in [4.78, 5) is 0. The smallest absolute Gasteiger partial charge is 0.222 e. The Hall–Kier alpha value is -1.40. The van der Waals surface area contributed by atoms with Crippen molar-refractivity contribution in [2.45, 2.75) is 13.5 Å². The highest BCUT2D eigenvalue weighted by molar-refractivity contribution is 9.10. The molecule has 1 aromatic heterocycles. The second kappa shape index (κ2) is 5.71. The number of benzene rings is 1. The lowest BCUT2D eigenvalue weighted by Gasteiger charge is -2.09. The number of ether oxygens (including phenoxy) is 1. The lowest BCUT2D eigenvalue weighted by atomic mass is 10.2. The molecule has 102 valence electrons. The molecule has 0 unspecified atom stereocenters. The number of aryl methyl sites for hydroxylation is 2. The van der Waals surface area contributed by atoms with E-state index < -0.39 is 0 Å². The molecule has 0 amide bonds. The number of aromatic nitrogens is 2. The molecule has 0 saturated carbocycles. The van der Waals surface area contributed by atoms with E-state index in [4.69, 9.17) is 4.74 Å². The third-order valence-electron chi connectivity index (χ3n) is 2.75. The lowest BCUT2D eigenvalue weighted by Crippen LogP contribution is -2.07.